The summed E-state index contributed by atoms with van der Waals surface area (Å²) in [7, 11) is -2.52. The first-order valence-electron chi connectivity index (χ1n) is 29.1. The summed E-state index contributed by atoms with van der Waals surface area (Å²) in [6.45, 7) is 0.778. The van der Waals surface area contributed by atoms with Crippen LogP contribution in [-0.4, -0.2) is 249 Å². The Morgan fingerprint density at radius 3 is 2.04 bits per heavy atom. The van der Waals surface area contributed by atoms with Crippen molar-refractivity contribution in [1.82, 2.24) is 29.8 Å². The third-order valence-corrected chi connectivity index (χ3v) is 17.2. The highest BCUT2D eigenvalue weighted by Gasteiger charge is 2.47. The summed E-state index contributed by atoms with van der Waals surface area (Å²) >= 11 is 6.62. The van der Waals surface area contributed by atoms with E-state index in [0.29, 0.717) is 40.7 Å². The van der Waals surface area contributed by atoms with Crippen molar-refractivity contribution in [2.24, 2.45) is 0 Å². The second kappa shape index (κ2) is 28.7. The van der Waals surface area contributed by atoms with Gasteiger partial charge in [0.15, 0.2) is 23.0 Å². The number of likely N-dealkylation sites (N-methyl/N-ethyl adjacent to an activating group) is 1. The Morgan fingerprint density at radius 1 is 0.750 bits per heavy atom. The molecule has 33 heteroatoms. The summed E-state index contributed by atoms with van der Waals surface area (Å²) < 4.78 is 81.7. The average molecular weight is 1330 g/mol. The molecule has 0 saturated carbocycles. The number of aromatic nitrogens is 4. The summed E-state index contributed by atoms with van der Waals surface area (Å²) in [6, 6.07) is 13.6. The quantitative estimate of drug-likeness (QED) is 0.0138. The third kappa shape index (κ3) is 14.3. The number of hydrogen-bond acceptors (Lipinski definition) is 26. The summed E-state index contributed by atoms with van der Waals surface area (Å²) in [6.07, 6.45) is -14.7. The molecule has 3 saturated heterocycles. The molecular formula is C59H68ClN7O24S. The third-order valence-electron chi connectivity index (χ3n) is 16.0. The molecular weight excluding hydrogens is 1260 g/mol. The van der Waals surface area contributed by atoms with Gasteiger partial charge in [-0.25, -0.2) is 4.68 Å². The molecule has 11 atom stereocenters. The molecule has 0 aliphatic carbocycles. The minimum atomic E-state index is -5.38. The van der Waals surface area contributed by atoms with Gasteiger partial charge in [0.25, 0.3) is 11.8 Å². The molecule has 3 fully saturated rings. The predicted molar refractivity (Wildman–Crippen MR) is 318 cm³/mol. The second-order valence-electron chi connectivity index (χ2n) is 22.1. The zero-order chi connectivity index (χ0) is 65.9. The molecule has 4 aliphatic heterocycles. The molecule has 0 radical (unpaired) electrons. The van der Waals surface area contributed by atoms with Crippen molar-refractivity contribution in [2.45, 2.75) is 100 Å². The summed E-state index contributed by atoms with van der Waals surface area (Å²) in [4.78, 5) is 72.7. The normalized spacial score (nSPS) is 24.1. The van der Waals surface area contributed by atoms with Crippen LogP contribution < -0.4 is 27.5 Å². The molecule has 4 amide bonds. The van der Waals surface area contributed by atoms with Crippen LogP contribution >= 0.6 is 11.6 Å². The Hall–Kier alpha value is -7.67. The Bertz CT molecular complexity index is 3810. The van der Waals surface area contributed by atoms with Crippen molar-refractivity contribution >= 4 is 78.8 Å². The number of nitrogens with one attached hydrogen (secondary N) is 1. The van der Waals surface area contributed by atoms with Gasteiger partial charge in [0.2, 0.25) is 24.4 Å². The largest absolute Gasteiger partial charge is 0.501 e. The van der Waals surface area contributed by atoms with Gasteiger partial charge in [0.1, 0.15) is 66.0 Å². The van der Waals surface area contributed by atoms with Crippen molar-refractivity contribution in [3.8, 4) is 28.7 Å². The van der Waals surface area contributed by atoms with E-state index in [1.807, 2.05) is 0 Å². The summed E-state index contributed by atoms with van der Waals surface area (Å²) in [5.41, 5.74) is 1.06. The molecule has 9 N–H and O–H groups in total. The van der Waals surface area contributed by atoms with E-state index in [1.54, 1.807) is 16.9 Å². The molecule has 92 heavy (non-hydrogen) atoms. The number of alkyl halides is 1. The number of aliphatic hydroxyl groups excluding tert-OH is 8. The zero-order valence-electron chi connectivity index (χ0n) is 49.7. The highest BCUT2D eigenvalue weighted by atomic mass is 35.5. The number of rotatable bonds is 27. The molecule has 31 nitrogen and oxygen atoms in total. The number of carbonyl (C=O) groups excluding carboxylic acids is 5. The minimum absolute atomic E-state index is 0.0263. The van der Waals surface area contributed by atoms with Crippen LogP contribution in [0.25, 0.3) is 21.7 Å². The van der Waals surface area contributed by atoms with Crippen molar-refractivity contribution in [3.05, 3.63) is 94.9 Å². The average Bonchev–Trinajstić information content (AvgIpc) is 1.57. The van der Waals surface area contributed by atoms with Crippen LogP contribution in [0.2, 0.25) is 0 Å². The van der Waals surface area contributed by atoms with E-state index in [-0.39, 0.29) is 122 Å². The maximum Gasteiger partial charge on any atom is 0.501 e. The molecule has 4 aromatic carbocycles. The number of aliphatic hydroxyl groups is 8. The summed E-state index contributed by atoms with van der Waals surface area (Å²) in [5, 5.41) is 92.2. The number of fused-ring (bicyclic) bond motifs is 4. The molecule has 0 bridgehead atoms. The van der Waals surface area contributed by atoms with E-state index in [2.05, 4.69) is 15.3 Å². The smallest absolute Gasteiger partial charge is 0.497 e. The number of likely N-dealkylation sites (tertiary alicyclic amines) is 1. The van der Waals surface area contributed by atoms with Gasteiger partial charge in [-0.05, 0) is 72.5 Å². The predicted octanol–water partition coefficient (Wildman–Crippen LogP) is -0.336. The highest BCUT2D eigenvalue weighted by Crippen LogP contribution is 2.48. The molecule has 2 aromatic heterocycles. The van der Waals surface area contributed by atoms with E-state index >= 15 is 0 Å². The maximum atomic E-state index is 14.9. The lowest BCUT2D eigenvalue weighted by Crippen LogP contribution is -2.60. The van der Waals surface area contributed by atoms with Gasteiger partial charge < -0.3 is 97.2 Å². The fourth-order valence-electron chi connectivity index (χ4n) is 11.1. The van der Waals surface area contributed by atoms with Gasteiger partial charge in [0, 0.05) is 79.8 Å². The number of ketones is 1. The number of H-pyrrole nitrogens is 1. The monoisotopic (exact) mass is 1330 g/mol. The Morgan fingerprint density at radius 2 is 1.39 bits per heavy atom. The molecule has 10 rings (SSSR count). The number of Topliss-reactive ketones (excluding diaryl/α,β-unsaturated/α-hetero) is 1. The van der Waals surface area contributed by atoms with Crippen LogP contribution in [-0.2, 0) is 51.9 Å². The lowest BCUT2D eigenvalue weighted by atomic mass is 9.95. The van der Waals surface area contributed by atoms with Gasteiger partial charge >= 0.3 is 10.4 Å². The maximum absolute atomic E-state index is 14.9. The van der Waals surface area contributed by atoms with Gasteiger partial charge in [-0.2, -0.15) is 0 Å². The number of aromatic amines is 1. The van der Waals surface area contributed by atoms with Gasteiger partial charge in [-0.1, -0.05) is 5.21 Å². The Labute approximate surface area is 529 Å². The molecule has 6 aromatic rings. The Balaban J connectivity index is 0.873. The number of carbonyl (C=O) groups is 5. The van der Waals surface area contributed by atoms with Crippen LogP contribution in [0.4, 0.5) is 5.69 Å². The van der Waals surface area contributed by atoms with Crippen molar-refractivity contribution in [3.63, 3.8) is 0 Å². The van der Waals surface area contributed by atoms with E-state index in [1.165, 1.54) is 78.2 Å². The fraction of sp³-hybridized carbons (Fsp3) is 0.475. The van der Waals surface area contributed by atoms with Gasteiger partial charge in [-0.3, -0.25) is 28.9 Å². The van der Waals surface area contributed by atoms with Crippen molar-refractivity contribution < 1.29 is 115 Å². The number of amides is 4. The molecule has 4 aliphatic rings. The molecule has 496 valence electrons. The first-order chi connectivity index (χ1) is 44.0. The highest BCUT2D eigenvalue weighted by molar-refractivity contribution is 7.82. The number of anilines is 1. The lowest BCUT2D eigenvalue weighted by molar-refractivity contribution is -0.277. The van der Waals surface area contributed by atoms with Crippen LogP contribution in [0, 0.1) is 0 Å². The number of imide groups is 1. The van der Waals surface area contributed by atoms with Gasteiger partial charge in [0.05, 0.1) is 82.3 Å². The number of hydrogen-bond donors (Lipinski definition) is 9. The fourth-order valence-corrected chi connectivity index (χ4v) is 12.1. The molecule has 6 heterocycles. The van der Waals surface area contributed by atoms with Crippen LogP contribution in [0.5, 0.6) is 28.7 Å². The first kappa shape index (κ1) is 67.2. The number of halogens is 1. The van der Waals surface area contributed by atoms with E-state index in [9.17, 15) is 73.2 Å². The SMILES string of the molecule is COc1ccc2c(OS(=O)(=O)Oc3cc(C(=O)N(C)CCOCCn4cc(CCOCCN5C(=O)CCC5=O)nn4)ccc3O[C@@H]3O[C@H](CO)[C@H](O)[C@H](O)C3O)cc3c(c2c1)[C@H](CCl)CN3C(=O)c1cc2ccc(OC3O[C@H](CO)[C@H](O)[C@H](O)[C@H]3O)c(C(C)=O)c2[nH]1. The number of nitrogens with zero attached hydrogens (tertiary/aromatic N) is 6. The topological polar surface area (TPSA) is 421 Å². The first-order valence-corrected chi connectivity index (χ1v) is 30.9. The zero-order valence-corrected chi connectivity index (χ0v) is 51.3. The van der Waals surface area contributed by atoms with Crippen LogP contribution in [0.15, 0.2) is 66.9 Å². The Kier molecular flexibility index (Phi) is 21.0. The van der Waals surface area contributed by atoms with Crippen molar-refractivity contribution in [1.29, 1.82) is 0 Å². The number of ether oxygens (including phenoxy) is 7. The van der Waals surface area contributed by atoms with E-state index in [4.69, 9.17) is 53.1 Å². The summed E-state index contributed by atoms with van der Waals surface area (Å²) in [5.74, 6) is -4.37. The minimum Gasteiger partial charge on any atom is -0.497 e. The van der Waals surface area contributed by atoms with Gasteiger partial charge in [-0.15, -0.1) is 25.1 Å². The molecule has 0 spiro atoms. The van der Waals surface area contributed by atoms with Crippen LogP contribution in [0.3, 0.4) is 0 Å². The number of methoxy groups -OCH3 is 1. The van der Waals surface area contributed by atoms with Crippen molar-refractivity contribution in [2.75, 3.05) is 84.2 Å². The standard InChI is InChI=1S/C59H68ClN7O24S/c1-29(70)47-40(87-59-55(78)53(76)51(74)44(28-69)89-59)9-4-30-20-37(61-49(30)47)57(80)67-25-32(24-60)48-36-22-34(83-3)6-7-35(36)41(23-38(48)67)90-92(81,82)91-42-21-31(5-8-39(42)86-58-54(77)52(75)50(73)43(27-68)88-58)56(79)64(2)13-17-85-18-14-65-26-33(62-63-65)12-16-84-19-15-66-45(71)10-11-46(66)72/h4-9,20-23,26,32,43-44,50-55,58-59,61,68-69,73-78H,10-19,24-25,27-28H2,1-3H3/t32-,43-,44-,50+,51+,52+,53+,54?,55-,58-,59?/m1/s1. The number of benzene rings is 4. The second-order valence-corrected chi connectivity index (χ2v) is 23.6. The lowest BCUT2D eigenvalue weighted by Gasteiger charge is -2.39. The van der Waals surface area contributed by atoms with Crippen LogP contribution in [0.1, 0.15) is 68.1 Å². The van der Waals surface area contributed by atoms with E-state index < -0.39 is 120 Å². The molecule has 2 unspecified atom stereocenters. The van der Waals surface area contributed by atoms with E-state index in [0.717, 1.165) is 12.1 Å².